The summed E-state index contributed by atoms with van der Waals surface area (Å²) in [6, 6.07) is 13.9. The first kappa shape index (κ1) is 17.8. The molecule has 0 fully saturated rings. The molecule has 0 spiro atoms. The van der Waals surface area contributed by atoms with Gasteiger partial charge >= 0.3 is 0 Å². The monoisotopic (exact) mass is 449 g/mol. The number of aromatic nitrogens is 1. The summed E-state index contributed by atoms with van der Waals surface area (Å²) in [5.41, 5.74) is 2.69. The number of halogens is 1. The molecule has 25 heavy (non-hydrogen) atoms. The Hall–Kier alpha value is -2.02. The summed E-state index contributed by atoms with van der Waals surface area (Å²) in [5, 5.41) is 0.818. The summed E-state index contributed by atoms with van der Waals surface area (Å²) in [6.45, 7) is 1.30. The van der Waals surface area contributed by atoms with Crippen molar-refractivity contribution in [2.45, 2.75) is 19.6 Å². The third kappa shape index (κ3) is 3.81. The zero-order valence-electron chi connectivity index (χ0n) is 14.1. The van der Waals surface area contributed by atoms with Gasteiger partial charge < -0.3 is 14.0 Å². The lowest BCUT2D eigenvalue weighted by Gasteiger charge is -2.13. The zero-order valence-corrected chi connectivity index (χ0v) is 16.2. The van der Waals surface area contributed by atoms with Crippen LogP contribution in [-0.2, 0) is 13.2 Å². The summed E-state index contributed by atoms with van der Waals surface area (Å²) in [6.07, 6.45) is 3.84. The van der Waals surface area contributed by atoms with Gasteiger partial charge in [0.2, 0.25) is 0 Å². The normalized spacial score (nSPS) is 10.8. The van der Waals surface area contributed by atoms with Crippen LogP contribution in [0.25, 0.3) is 10.9 Å². The van der Waals surface area contributed by atoms with Crippen LogP contribution in [0, 0.1) is 0 Å². The van der Waals surface area contributed by atoms with Crippen LogP contribution in [0.4, 0.5) is 0 Å². The lowest BCUT2D eigenvalue weighted by Crippen LogP contribution is -2.00. The Balaban J connectivity index is 2.04. The highest BCUT2D eigenvalue weighted by molar-refractivity contribution is 14.1. The fourth-order valence-electron chi connectivity index (χ4n) is 2.91. The highest BCUT2D eigenvalue weighted by atomic mass is 127. The molecule has 0 aliphatic rings. The van der Waals surface area contributed by atoms with Crippen LogP contribution in [0.5, 0.6) is 11.5 Å². The maximum atomic E-state index is 11.6. The third-order valence-electron chi connectivity index (χ3n) is 4.10. The molecular formula is C20H20INO3. The SMILES string of the molecule is COc1ccc2c(c(C=O)cn2CCCI)c1OCc1ccccc1. The van der Waals surface area contributed by atoms with E-state index in [1.807, 2.05) is 48.7 Å². The minimum atomic E-state index is 0.424. The smallest absolute Gasteiger partial charge is 0.171 e. The summed E-state index contributed by atoms with van der Waals surface area (Å²) in [5.74, 6) is 1.26. The molecule has 1 heterocycles. The second-order valence-electron chi connectivity index (χ2n) is 5.70. The molecular weight excluding hydrogens is 429 g/mol. The van der Waals surface area contributed by atoms with Crippen LogP contribution in [0.2, 0.25) is 0 Å². The number of rotatable bonds is 8. The van der Waals surface area contributed by atoms with E-state index in [1.54, 1.807) is 7.11 Å². The van der Waals surface area contributed by atoms with E-state index < -0.39 is 0 Å². The second-order valence-corrected chi connectivity index (χ2v) is 6.78. The Labute approximate surface area is 160 Å². The minimum Gasteiger partial charge on any atom is -0.493 e. The highest BCUT2D eigenvalue weighted by Gasteiger charge is 2.17. The van der Waals surface area contributed by atoms with E-state index in [4.69, 9.17) is 9.47 Å². The maximum Gasteiger partial charge on any atom is 0.171 e. The predicted molar refractivity (Wildman–Crippen MR) is 108 cm³/mol. The number of carbonyl (C=O) groups excluding carboxylic acids is 1. The number of ether oxygens (including phenoxy) is 2. The molecule has 0 bridgehead atoms. The molecule has 0 aliphatic carbocycles. The van der Waals surface area contributed by atoms with Gasteiger partial charge in [-0.05, 0) is 24.1 Å². The molecule has 0 aliphatic heterocycles. The van der Waals surface area contributed by atoms with Crippen molar-refractivity contribution >= 4 is 39.8 Å². The van der Waals surface area contributed by atoms with Crippen LogP contribution >= 0.6 is 22.6 Å². The third-order valence-corrected chi connectivity index (χ3v) is 4.86. The molecule has 1 aromatic heterocycles. The molecule has 2 aromatic carbocycles. The molecule has 5 heteroatoms. The van der Waals surface area contributed by atoms with Gasteiger partial charge in [0.05, 0.1) is 18.0 Å². The van der Waals surface area contributed by atoms with Gasteiger partial charge in [-0.25, -0.2) is 0 Å². The van der Waals surface area contributed by atoms with Crippen molar-refractivity contribution < 1.29 is 14.3 Å². The number of aldehydes is 1. The fraction of sp³-hybridized carbons (Fsp3) is 0.250. The number of alkyl halides is 1. The molecule has 0 unspecified atom stereocenters. The van der Waals surface area contributed by atoms with Crippen LogP contribution in [0.1, 0.15) is 22.3 Å². The summed E-state index contributed by atoms with van der Waals surface area (Å²) in [4.78, 5) is 11.6. The van der Waals surface area contributed by atoms with Gasteiger partial charge in [-0.3, -0.25) is 4.79 Å². The standard InChI is InChI=1S/C20H20INO3/c1-24-18-9-8-17-19(16(13-23)12-22(17)11-5-10-21)20(18)25-14-15-6-3-2-4-7-15/h2-4,6-9,12-13H,5,10-11,14H2,1H3. The Kier molecular flexibility index (Phi) is 5.96. The van der Waals surface area contributed by atoms with Crippen molar-refractivity contribution in [3.8, 4) is 11.5 Å². The van der Waals surface area contributed by atoms with E-state index in [-0.39, 0.29) is 0 Å². The highest BCUT2D eigenvalue weighted by Crippen LogP contribution is 2.38. The topological polar surface area (TPSA) is 40.5 Å². The number of nitrogens with zero attached hydrogens (tertiary/aromatic N) is 1. The average Bonchev–Trinajstić information content (AvgIpc) is 3.03. The van der Waals surface area contributed by atoms with Gasteiger partial charge in [-0.15, -0.1) is 0 Å². The number of hydrogen-bond donors (Lipinski definition) is 0. The van der Waals surface area contributed by atoms with Crippen LogP contribution in [0.15, 0.2) is 48.7 Å². The molecule has 0 saturated heterocycles. The molecule has 3 rings (SSSR count). The summed E-state index contributed by atoms with van der Waals surface area (Å²) < 4.78 is 14.8. The molecule has 0 radical (unpaired) electrons. The first-order valence-corrected chi connectivity index (χ1v) is 9.68. The lowest BCUT2D eigenvalue weighted by molar-refractivity contribution is 0.112. The van der Waals surface area contributed by atoms with Crippen molar-refractivity contribution in [1.29, 1.82) is 0 Å². The van der Waals surface area contributed by atoms with Crippen molar-refractivity contribution in [2.24, 2.45) is 0 Å². The number of hydrogen-bond acceptors (Lipinski definition) is 3. The van der Waals surface area contributed by atoms with Crippen molar-refractivity contribution in [1.82, 2.24) is 4.57 Å². The fourth-order valence-corrected chi connectivity index (χ4v) is 3.25. The molecule has 0 N–H and O–H groups in total. The Bertz CT molecular complexity index is 858. The first-order chi connectivity index (χ1) is 12.3. The molecule has 4 nitrogen and oxygen atoms in total. The summed E-state index contributed by atoms with van der Waals surface area (Å²) in [7, 11) is 1.62. The van der Waals surface area contributed by atoms with E-state index in [9.17, 15) is 4.79 Å². The Morgan fingerprint density at radius 3 is 2.64 bits per heavy atom. The van der Waals surface area contributed by atoms with Crippen molar-refractivity contribution in [3.63, 3.8) is 0 Å². The van der Waals surface area contributed by atoms with Gasteiger partial charge in [0.15, 0.2) is 17.8 Å². The van der Waals surface area contributed by atoms with Gasteiger partial charge in [0, 0.05) is 22.7 Å². The van der Waals surface area contributed by atoms with E-state index in [2.05, 4.69) is 27.2 Å². The quantitative estimate of drug-likeness (QED) is 0.280. The van der Waals surface area contributed by atoms with Crippen LogP contribution in [-0.4, -0.2) is 22.4 Å². The number of methoxy groups -OCH3 is 1. The lowest BCUT2D eigenvalue weighted by atomic mass is 10.1. The first-order valence-electron chi connectivity index (χ1n) is 8.16. The van der Waals surface area contributed by atoms with Crippen molar-refractivity contribution in [2.75, 3.05) is 11.5 Å². The van der Waals surface area contributed by atoms with E-state index in [1.165, 1.54) is 0 Å². The Morgan fingerprint density at radius 1 is 1.16 bits per heavy atom. The van der Waals surface area contributed by atoms with E-state index in [0.29, 0.717) is 23.7 Å². The summed E-state index contributed by atoms with van der Waals surface area (Å²) >= 11 is 2.36. The number of carbonyl (C=O) groups is 1. The number of aryl methyl sites for hydroxylation is 1. The van der Waals surface area contributed by atoms with Gasteiger partial charge in [-0.2, -0.15) is 0 Å². The maximum absolute atomic E-state index is 11.6. The Morgan fingerprint density at radius 2 is 1.96 bits per heavy atom. The van der Waals surface area contributed by atoms with Crippen molar-refractivity contribution in [3.05, 3.63) is 59.8 Å². The van der Waals surface area contributed by atoms with E-state index >= 15 is 0 Å². The number of benzene rings is 2. The van der Waals surface area contributed by atoms with Gasteiger partial charge in [0.25, 0.3) is 0 Å². The van der Waals surface area contributed by atoms with Crippen LogP contribution < -0.4 is 9.47 Å². The molecule has 130 valence electrons. The van der Waals surface area contributed by atoms with E-state index in [0.717, 1.165) is 40.1 Å². The number of fused-ring (bicyclic) bond motifs is 1. The molecule has 0 atom stereocenters. The molecule has 0 amide bonds. The second kappa shape index (κ2) is 8.38. The predicted octanol–water partition coefficient (Wildman–Crippen LogP) is 4.87. The van der Waals surface area contributed by atoms with Gasteiger partial charge in [-0.1, -0.05) is 52.9 Å². The minimum absolute atomic E-state index is 0.424. The zero-order chi connectivity index (χ0) is 17.6. The molecule has 0 saturated carbocycles. The van der Waals surface area contributed by atoms with Crippen LogP contribution in [0.3, 0.4) is 0 Å². The molecule has 3 aromatic rings. The van der Waals surface area contributed by atoms with Gasteiger partial charge in [0.1, 0.15) is 6.61 Å². The average molecular weight is 449 g/mol. The largest absolute Gasteiger partial charge is 0.493 e.